The van der Waals surface area contributed by atoms with Gasteiger partial charge >= 0.3 is 0 Å². The second-order valence-electron chi connectivity index (χ2n) is 7.50. The fraction of sp³-hybridized carbons (Fsp3) is 0.400. The zero-order chi connectivity index (χ0) is 20.8. The van der Waals surface area contributed by atoms with Crippen molar-refractivity contribution in [2.24, 2.45) is 4.99 Å². The molecule has 4 rings (SSSR count). The van der Waals surface area contributed by atoms with Crippen LogP contribution in [0.3, 0.4) is 0 Å². The van der Waals surface area contributed by atoms with E-state index in [4.69, 9.17) is 0 Å². The highest BCUT2D eigenvalue weighted by Crippen LogP contribution is 2.41. The number of hydrogen-bond acceptors (Lipinski definition) is 3. The molecule has 0 N–H and O–H groups in total. The highest BCUT2D eigenvalue weighted by atomic mass is 19.3. The molecule has 1 aromatic carbocycles. The Morgan fingerprint density at radius 1 is 1.10 bits per heavy atom. The van der Waals surface area contributed by atoms with Gasteiger partial charge in [0.15, 0.2) is 0 Å². The Morgan fingerprint density at radius 2 is 1.83 bits per heavy atom. The average molecular weight is 413 g/mol. The molecule has 0 amide bonds. The first-order valence-corrected chi connectivity index (χ1v) is 9.07. The molecule has 3 heterocycles. The van der Waals surface area contributed by atoms with Gasteiger partial charge in [-0.15, -0.1) is 0 Å². The van der Waals surface area contributed by atoms with E-state index in [1.807, 2.05) is 0 Å². The third kappa shape index (κ3) is 3.47. The molecule has 0 aliphatic carbocycles. The third-order valence-corrected chi connectivity index (χ3v) is 5.44. The Bertz CT molecular complexity index is 956. The quantitative estimate of drug-likeness (QED) is 0.693. The zero-order valence-electron chi connectivity index (χ0n) is 15.2. The highest BCUT2D eigenvalue weighted by Gasteiger charge is 2.46. The van der Waals surface area contributed by atoms with Gasteiger partial charge in [-0.05, 0) is 18.2 Å². The summed E-state index contributed by atoms with van der Waals surface area (Å²) in [6, 6.07) is 4.09. The van der Waals surface area contributed by atoms with E-state index in [1.165, 1.54) is 4.90 Å². The van der Waals surface area contributed by atoms with Crippen LogP contribution in [0.2, 0.25) is 0 Å². The van der Waals surface area contributed by atoms with E-state index in [1.54, 1.807) is 0 Å². The van der Waals surface area contributed by atoms with Crippen LogP contribution < -0.4 is 0 Å². The van der Waals surface area contributed by atoms with Gasteiger partial charge < -0.3 is 4.90 Å². The average Bonchev–Trinajstić information content (AvgIpc) is 3.26. The lowest BCUT2D eigenvalue weighted by Crippen LogP contribution is -2.36. The van der Waals surface area contributed by atoms with Crippen LogP contribution in [0.25, 0.3) is 11.1 Å². The molecule has 1 saturated heterocycles. The summed E-state index contributed by atoms with van der Waals surface area (Å²) in [4.78, 5) is 9.59. The van der Waals surface area contributed by atoms with Gasteiger partial charge in [-0.2, -0.15) is 0 Å². The van der Waals surface area contributed by atoms with Gasteiger partial charge in [0.1, 0.15) is 30.0 Å². The first kappa shape index (κ1) is 19.7. The first-order valence-electron chi connectivity index (χ1n) is 9.07. The molecule has 2 aromatic rings. The minimum atomic E-state index is -2.85. The molecule has 2 aliphatic heterocycles. The van der Waals surface area contributed by atoms with E-state index in [-0.39, 0.29) is 37.2 Å². The van der Waals surface area contributed by atoms with Crippen molar-refractivity contribution in [3.63, 3.8) is 0 Å². The van der Waals surface area contributed by atoms with Crippen LogP contribution in [0.15, 0.2) is 35.5 Å². The number of pyridine rings is 1. The van der Waals surface area contributed by atoms with Crippen LogP contribution in [0.1, 0.15) is 18.5 Å². The fourth-order valence-corrected chi connectivity index (χ4v) is 3.94. The predicted molar refractivity (Wildman–Crippen MR) is 95.3 cm³/mol. The lowest BCUT2D eigenvalue weighted by atomic mass is 9.79. The van der Waals surface area contributed by atoms with Crippen LogP contribution in [0, 0.1) is 17.5 Å². The van der Waals surface area contributed by atoms with Crippen molar-refractivity contribution in [2.75, 3.05) is 26.3 Å². The van der Waals surface area contributed by atoms with E-state index >= 15 is 0 Å². The molecular formula is C20H17F6N3. The van der Waals surface area contributed by atoms with Gasteiger partial charge in [0.25, 0.3) is 5.92 Å². The summed E-state index contributed by atoms with van der Waals surface area (Å²) in [7, 11) is 0. The molecule has 154 valence electrons. The molecule has 1 fully saturated rings. The summed E-state index contributed by atoms with van der Waals surface area (Å²) in [5.74, 6) is -5.26. The Labute approximate surface area is 163 Å². The van der Waals surface area contributed by atoms with Crippen molar-refractivity contribution in [3.8, 4) is 11.1 Å². The topological polar surface area (TPSA) is 28.5 Å². The summed E-state index contributed by atoms with van der Waals surface area (Å²) < 4.78 is 84.0. The largest absolute Gasteiger partial charge is 0.354 e. The first-order chi connectivity index (χ1) is 13.7. The number of halogens is 6. The Hall–Kier alpha value is -2.58. The van der Waals surface area contributed by atoms with E-state index in [9.17, 15) is 26.3 Å². The van der Waals surface area contributed by atoms with Crippen LogP contribution in [-0.2, 0) is 5.41 Å². The number of hydrogen-bond donors (Lipinski definition) is 0. The summed E-state index contributed by atoms with van der Waals surface area (Å²) in [6.07, 6.45) is 0.452. The second-order valence-corrected chi connectivity index (χ2v) is 7.50. The van der Waals surface area contributed by atoms with Crippen LogP contribution in [0.4, 0.5) is 26.3 Å². The SMILES string of the molecule is FC[C@]1(c2ncc(F)cc2-c2c(F)cccc2F)CN=C(N2CCC(F)(F)C2)C1. The van der Waals surface area contributed by atoms with E-state index in [0.29, 0.717) is 5.84 Å². The van der Waals surface area contributed by atoms with E-state index < -0.39 is 47.6 Å². The minimum absolute atomic E-state index is 0.0462. The molecular weight excluding hydrogens is 396 g/mol. The molecule has 0 unspecified atom stereocenters. The van der Waals surface area contributed by atoms with E-state index in [2.05, 4.69) is 9.98 Å². The van der Waals surface area contributed by atoms with Gasteiger partial charge in [0, 0.05) is 24.9 Å². The summed E-state index contributed by atoms with van der Waals surface area (Å²) in [5, 5.41) is 0. The third-order valence-electron chi connectivity index (χ3n) is 5.44. The number of benzene rings is 1. The van der Waals surface area contributed by atoms with Crippen LogP contribution in [-0.4, -0.2) is 48.0 Å². The maximum Gasteiger partial charge on any atom is 0.266 e. The monoisotopic (exact) mass is 413 g/mol. The normalized spacial score (nSPS) is 23.5. The molecule has 0 spiro atoms. The number of alkyl halides is 3. The maximum atomic E-state index is 14.4. The molecule has 9 heteroatoms. The smallest absolute Gasteiger partial charge is 0.266 e. The summed E-state index contributed by atoms with van der Waals surface area (Å²) in [6.45, 7) is -1.56. The van der Waals surface area contributed by atoms with Crippen molar-refractivity contribution in [3.05, 3.63) is 53.6 Å². The molecule has 0 radical (unpaired) electrons. The lowest BCUT2D eigenvalue weighted by molar-refractivity contribution is 0.0174. The number of aliphatic imine (C=N–C) groups is 1. The summed E-state index contributed by atoms with van der Waals surface area (Å²) >= 11 is 0. The van der Waals surface area contributed by atoms with Gasteiger partial charge in [0.05, 0.1) is 36.0 Å². The number of nitrogens with zero attached hydrogens (tertiary/aromatic N) is 3. The van der Waals surface area contributed by atoms with Crippen LogP contribution in [0.5, 0.6) is 0 Å². The zero-order valence-corrected chi connectivity index (χ0v) is 15.2. The van der Waals surface area contributed by atoms with Crippen molar-refractivity contribution in [2.45, 2.75) is 24.2 Å². The highest BCUT2D eigenvalue weighted by molar-refractivity contribution is 5.87. The Kier molecular flexibility index (Phi) is 4.78. The maximum absolute atomic E-state index is 14.4. The second kappa shape index (κ2) is 7.03. The number of likely N-dealkylation sites (tertiary alicyclic amines) is 1. The Balaban J connectivity index is 1.75. The molecule has 0 bridgehead atoms. The van der Waals surface area contributed by atoms with Gasteiger partial charge in [-0.25, -0.2) is 26.3 Å². The predicted octanol–water partition coefficient (Wildman–Crippen LogP) is 4.52. The number of amidine groups is 1. The molecule has 0 saturated carbocycles. The lowest BCUT2D eigenvalue weighted by Gasteiger charge is -2.28. The summed E-state index contributed by atoms with van der Waals surface area (Å²) in [5.41, 5.74) is -2.18. The van der Waals surface area contributed by atoms with Crippen LogP contribution >= 0.6 is 0 Å². The molecule has 2 aliphatic rings. The number of rotatable bonds is 3. The molecule has 1 aromatic heterocycles. The molecule has 1 atom stereocenters. The van der Waals surface area contributed by atoms with Crippen molar-refractivity contribution < 1.29 is 26.3 Å². The standard InChI is InChI=1S/C20H17F6N3/c21-9-19(7-16(28-10-19)29-5-4-20(25,26)11-29)18-13(6-12(22)8-27-18)17-14(23)2-1-3-15(17)24/h1-3,6,8H,4-5,7,9-11H2/t19-/m0/s1. The molecule has 29 heavy (non-hydrogen) atoms. The van der Waals surface area contributed by atoms with Crippen molar-refractivity contribution in [1.29, 1.82) is 0 Å². The van der Waals surface area contributed by atoms with Crippen molar-refractivity contribution in [1.82, 2.24) is 9.88 Å². The Morgan fingerprint density at radius 3 is 2.45 bits per heavy atom. The minimum Gasteiger partial charge on any atom is -0.354 e. The number of aromatic nitrogens is 1. The van der Waals surface area contributed by atoms with Crippen molar-refractivity contribution >= 4 is 5.84 Å². The molecule has 3 nitrogen and oxygen atoms in total. The van der Waals surface area contributed by atoms with Gasteiger partial charge in [0.2, 0.25) is 0 Å². The fourth-order valence-electron chi connectivity index (χ4n) is 3.94. The van der Waals surface area contributed by atoms with Gasteiger partial charge in [-0.3, -0.25) is 9.98 Å². The van der Waals surface area contributed by atoms with E-state index in [0.717, 1.165) is 30.5 Å². The van der Waals surface area contributed by atoms with Gasteiger partial charge in [-0.1, -0.05) is 6.07 Å².